The van der Waals surface area contributed by atoms with E-state index in [-0.39, 0.29) is 22.7 Å². The zero-order valence-corrected chi connectivity index (χ0v) is 24.3. The second-order valence-electron chi connectivity index (χ2n) is 10.4. The van der Waals surface area contributed by atoms with Gasteiger partial charge in [-0.25, -0.2) is 9.37 Å². The Hall–Kier alpha value is -3.66. The molecule has 2 fully saturated rings. The van der Waals surface area contributed by atoms with Crippen LogP contribution in [0.5, 0.6) is 5.75 Å². The number of hydrogen-bond donors (Lipinski definition) is 1. The molecule has 0 aliphatic carbocycles. The Morgan fingerprint density at radius 3 is 2.67 bits per heavy atom. The van der Waals surface area contributed by atoms with Crippen LogP contribution in [0.3, 0.4) is 0 Å². The molecule has 15 heteroatoms. The second-order valence-corrected chi connectivity index (χ2v) is 13.1. The van der Waals surface area contributed by atoms with E-state index in [1.54, 1.807) is 29.0 Å². The lowest BCUT2D eigenvalue weighted by molar-refractivity contribution is 0.189. The molecule has 0 atom stereocenters. The first-order valence-electron chi connectivity index (χ1n) is 13.8. The van der Waals surface area contributed by atoms with E-state index < -0.39 is 11.2 Å². The molecule has 12 nitrogen and oxygen atoms in total. The average molecular weight is 613 g/mol. The van der Waals surface area contributed by atoms with E-state index in [9.17, 15) is 9.35 Å². The normalized spacial score (nSPS) is 20.1. The van der Waals surface area contributed by atoms with Gasteiger partial charge in [0.2, 0.25) is 11.8 Å². The van der Waals surface area contributed by atoms with Crippen LogP contribution >= 0.6 is 11.3 Å². The number of nitrogen functional groups attached to an aromatic ring is 1. The van der Waals surface area contributed by atoms with Crippen molar-refractivity contribution in [3.8, 4) is 17.3 Å². The lowest BCUT2D eigenvalue weighted by atomic mass is 10.2. The minimum Gasteiger partial charge on any atom is -0.616 e. The average Bonchev–Trinajstić information content (AvgIpc) is 3.73. The van der Waals surface area contributed by atoms with E-state index in [1.165, 1.54) is 10.6 Å². The summed E-state index contributed by atoms with van der Waals surface area (Å²) in [6.07, 6.45) is 2.98. The van der Waals surface area contributed by atoms with Gasteiger partial charge in [-0.15, -0.1) is 5.10 Å². The van der Waals surface area contributed by atoms with Crippen LogP contribution in [0.25, 0.3) is 27.6 Å². The van der Waals surface area contributed by atoms with Crippen molar-refractivity contribution in [3.63, 3.8) is 0 Å². The first-order valence-corrected chi connectivity index (χ1v) is 16.1. The highest BCUT2D eigenvalue weighted by molar-refractivity contribution is 7.91. The summed E-state index contributed by atoms with van der Waals surface area (Å²) >= 11 is 0.309. The first-order chi connectivity index (χ1) is 20.4. The number of thiazole rings is 1. The van der Waals surface area contributed by atoms with Gasteiger partial charge in [0.25, 0.3) is 0 Å². The van der Waals surface area contributed by atoms with Crippen LogP contribution in [0.2, 0.25) is 0 Å². The van der Waals surface area contributed by atoms with Crippen LogP contribution in [0.1, 0.15) is 12.8 Å². The summed E-state index contributed by atoms with van der Waals surface area (Å²) in [5.41, 5.74) is 7.69. The third kappa shape index (κ3) is 5.21. The van der Waals surface area contributed by atoms with Crippen LogP contribution < -0.4 is 20.2 Å². The predicted molar refractivity (Wildman–Crippen MR) is 159 cm³/mol. The highest BCUT2D eigenvalue weighted by atomic mass is 32.2. The van der Waals surface area contributed by atoms with E-state index in [0.29, 0.717) is 76.7 Å². The molecule has 220 valence electrons. The fourth-order valence-corrected chi connectivity index (χ4v) is 7.68. The number of hydrogen-bond acceptors (Lipinski definition) is 11. The number of furan rings is 1. The summed E-state index contributed by atoms with van der Waals surface area (Å²) in [6, 6.07) is 8.54. The van der Waals surface area contributed by atoms with Crippen molar-refractivity contribution in [1.29, 1.82) is 0 Å². The Morgan fingerprint density at radius 1 is 1.12 bits per heavy atom. The maximum Gasteiger partial charge on any atom is 0.309 e. The summed E-state index contributed by atoms with van der Waals surface area (Å²) in [6.45, 7) is 3.85. The van der Waals surface area contributed by atoms with Crippen molar-refractivity contribution in [2.75, 3.05) is 54.9 Å². The van der Waals surface area contributed by atoms with E-state index in [4.69, 9.17) is 14.9 Å². The maximum absolute atomic E-state index is 15.0. The molecule has 0 spiro atoms. The van der Waals surface area contributed by atoms with Crippen LogP contribution in [0.4, 0.5) is 16.0 Å². The van der Waals surface area contributed by atoms with Crippen molar-refractivity contribution in [2.24, 2.45) is 0 Å². The number of aromatic nitrogens is 5. The summed E-state index contributed by atoms with van der Waals surface area (Å²) in [5.74, 6) is 2.48. The molecule has 1 aromatic carbocycles. The smallest absolute Gasteiger partial charge is 0.309 e. The van der Waals surface area contributed by atoms with Gasteiger partial charge in [-0.1, -0.05) is 22.5 Å². The molecule has 2 aliphatic rings. The number of piperazine rings is 1. The summed E-state index contributed by atoms with van der Waals surface area (Å²) in [5, 5.41) is 4.40. The maximum atomic E-state index is 15.0. The van der Waals surface area contributed by atoms with Gasteiger partial charge in [0.15, 0.2) is 17.1 Å². The standard InChI is InChI=1S/C27H29FN8O4S2/c28-19-16-18(40-17-5-14-42(38)15-6-17)3-4-20(19)34-10-7-33(8-11-34)9-12-35-24-22(41-27(35)37)25-30-23(21-2-1-13-39-21)32-36(25)26(29)31-24/h1-4,13,16-17H,5-12,14-15H2,(H2,29,31)/t17-,42-. The Morgan fingerprint density at radius 2 is 1.93 bits per heavy atom. The zero-order valence-electron chi connectivity index (χ0n) is 22.6. The van der Waals surface area contributed by atoms with Crippen molar-refractivity contribution in [3.05, 3.63) is 52.1 Å². The number of halogens is 1. The number of benzene rings is 1. The molecule has 6 heterocycles. The molecule has 5 aromatic rings. The number of nitrogens with two attached hydrogens (primary N) is 1. The van der Waals surface area contributed by atoms with E-state index in [0.717, 1.165) is 37.3 Å². The van der Waals surface area contributed by atoms with E-state index >= 15 is 4.39 Å². The number of anilines is 2. The van der Waals surface area contributed by atoms with Crippen LogP contribution in [0, 0.1) is 5.82 Å². The summed E-state index contributed by atoms with van der Waals surface area (Å²) in [4.78, 5) is 26.2. The van der Waals surface area contributed by atoms with Gasteiger partial charge in [0.05, 0.1) is 12.0 Å². The molecule has 2 N–H and O–H groups in total. The molecule has 2 saturated heterocycles. The second kappa shape index (κ2) is 11.2. The monoisotopic (exact) mass is 612 g/mol. The molecular weight excluding hydrogens is 583 g/mol. The van der Waals surface area contributed by atoms with Gasteiger partial charge in [-0.3, -0.25) is 14.3 Å². The molecule has 0 amide bonds. The van der Waals surface area contributed by atoms with Crippen molar-refractivity contribution in [1.82, 2.24) is 29.0 Å². The Bertz CT molecular complexity index is 1770. The fourth-order valence-electron chi connectivity index (χ4n) is 5.49. The van der Waals surface area contributed by atoms with Gasteiger partial charge < -0.3 is 24.3 Å². The van der Waals surface area contributed by atoms with E-state index in [1.807, 2.05) is 11.0 Å². The molecule has 7 rings (SSSR count). The van der Waals surface area contributed by atoms with Crippen molar-refractivity contribution < 1.29 is 18.1 Å². The number of ether oxygens (including phenoxy) is 1. The summed E-state index contributed by atoms with van der Waals surface area (Å²) < 4.78 is 41.6. The van der Waals surface area contributed by atoms with E-state index in [2.05, 4.69) is 20.0 Å². The Labute approximate surface area is 246 Å². The quantitative estimate of drug-likeness (QED) is 0.273. The zero-order chi connectivity index (χ0) is 28.8. The van der Waals surface area contributed by atoms with Crippen molar-refractivity contribution >= 4 is 50.1 Å². The summed E-state index contributed by atoms with van der Waals surface area (Å²) in [7, 11) is 0. The minimum absolute atomic E-state index is 0.0161. The van der Waals surface area contributed by atoms with Gasteiger partial charge in [-0.2, -0.15) is 9.50 Å². The van der Waals surface area contributed by atoms with Gasteiger partial charge in [0, 0.05) is 58.2 Å². The largest absolute Gasteiger partial charge is 0.616 e. The predicted octanol–water partition coefficient (Wildman–Crippen LogP) is 2.59. The molecular formula is C27H29FN8O4S2. The lowest BCUT2D eigenvalue weighted by Crippen LogP contribution is -2.47. The molecule has 2 aliphatic heterocycles. The van der Waals surface area contributed by atoms with Crippen LogP contribution in [-0.2, 0) is 17.7 Å². The number of rotatable bonds is 7. The molecule has 0 unspecified atom stereocenters. The van der Waals surface area contributed by atoms with Gasteiger partial charge in [-0.05, 0) is 24.3 Å². The van der Waals surface area contributed by atoms with Gasteiger partial charge >= 0.3 is 4.87 Å². The van der Waals surface area contributed by atoms with Gasteiger partial charge in [0.1, 0.15) is 33.9 Å². The minimum atomic E-state index is -0.760. The molecule has 42 heavy (non-hydrogen) atoms. The fraction of sp³-hybridized carbons (Fsp3) is 0.407. The molecule has 0 radical (unpaired) electrons. The highest BCUT2D eigenvalue weighted by Gasteiger charge is 2.25. The Balaban J connectivity index is 0.996. The van der Waals surface area contributed by atoms with Crippen LogP contribution in [-0.4, -0.2) is 83.9 Å². The first kappa shape index (κ1) is 27.2. The van der Waals surface area contributed by atoms with Crippen LogP contribution in [0.15, 0.2) is 45.8 Å². The van der Waals surface area contributed by atoms with Crippen molar-refractivity contribution in [2.45, 2.75) is 25.5 Å². The third-order valence-electron chi connectivity index (χ3n) is 7.77. The topological polar surface area (TPSA) is 143 Å². The number of fused-ring (bicyclic) bond motifs is 3. The lowest BCUT2D eigenvalue weighted by Gasteiger charge is -2.36. The number of nitrogens with zero attached hydrogens (tertiary/aromatic N) is 7. The molecule has 0 bridgehead atoms. The molecule has 0 saturated carbocycles. The third-order valence-corrected chi connectivity index (χ3v) is 10.1. The SMILES string of the molecule is Nc1nc2c(sc(=O)n2CCN2CCN(c3ccc(O[C@H]4CC[S@+]([O-])CC4)cc3F)CC2)c2nc(-c3ccco3)nn12. The Kier molecular flexibility index (Phi) is 7.25. The molecule has 4 aromatic heterocycles. The highest BCUT2D eigenvalue weighted by Crippen LogP contribution is 2.28.